The van der Waals surface area contributed by atoms with Crippen LogP contribution >= 0.6 is 15.9 Å². The third-order valence-corrected chi connectivity index (χ3v) is 4.08. The topological polar surface area (TPSA) is 59.8 Å². The van der Waals surface area contributed by atoms with Gasteiger partial charge in [-0.15, -0.1) is 0 Å². The molecule has 6 heteroatoms. The molecule has 0 aliphatic rings. The van der Waals surface area contributed by atoms with Crippen LogP contribution in [-0.4, -0.2) is 20.7 Å². The molecular formula is C15H13BrN4O. The number of benzene rings is 1. The lowest BCUT2D eigenvalue weighted by molar-refractivity contribution is 0.102. The van der Waals surface area contributed by atoms with Crippen molar-refractivity contribution in [3.05, 3.63) is 52.4 Å². The van der Waals surface area contributed by atoms with Crippen LogP contribution in [0, 0.1) is 6.92 Å². The Morgan fingerprint density at radius 1 is 1.33 bits per heavy atom. The van der Waals surface area contributed by atoms with Crippen LogP contribution in [-0.2, 0) is 7.05 Å². The molecule has 3 aromatic rings. The number of halogens is 1. The van der Waals surface area contributed by atoms with Gasteiger partial charge in [0.05, 0.1) is 17.4 Å². The zero-order valence-corrected chi connectivity index (χ0v) is 13.2. The molecule has 21 heavy (non-hydrogen) atoms. The van der Waals surface area contributed by atoms with Crippen LogP contribution in [0.2, 0.25) is 0 Å². The van der Waals surface area contributed by atoms with E-state index in [9.17, 15) is 4.79 Å². The smallest absolute Gasteiger partial charge is 0.276 e. The van der Waals surface area contributed by atoms with Crippen LogP contribution in [0.25, 0.3) is 10.9 Å². The molecule has 2 aromatic heterocycles. The zero-order chi connectivity index (χ0) is 15.0. The number of rotatable bonds is 2. The van der Waals surface area contributed by atoms with E-state index in [1.54, 1.807) is 10.9 Å². The van der Waals surface area contributed by atoms with Crippen LogP contribution < -0.4 is 5.32 Å². The molecule has 1 amide bonds. The molecule has 0 fully saturated rings. The highest BCUT2D eigenvalue weighted by molar-refractivity contribution is 9.10. The largest absolute Gasteiger partial charge is 0.319 e. The Kier molecular flexibility index (Phi) is 3.47. The van der Waals surface area contributed by atoms with Crippen LogP contribution in [0.5, 0.6) is 0 Å². The lowest BCUT2D eigenvalue weighted by Gasteiger charge is -2.05. The van der Waals surface area contributed by atoms with Crippen LogP contribution in [0.3, 0.4) is 0 Å². The molecule has 0 saturated carbocycles. The lowest BCUT2D eigenvalue weighted by Crippen LogP contribution is -2.13. The van der Waals surface area contributed by atoms with Gasteiger partial charge in [-0.3, -0.25) is 9.48 Å². The summed E-state index contributed by atoms with van der Waals surface area (Å²) in [7, 11) is 1.82. The SMILES string of the molecule is Cc1cc(NC(=O)c2nn(C)c3ccccc23)cnc1Br. The number of pyridine rings is 1. The van der Waals surface area contributed by atoms with Crippen LogP contribution in [0.15, 0.2) is 41.1 Å². The minimum atomic E-state index is -0.240. The van der Waals surface area contributed by atoms with Gasteiger partial charge in [0.15, 0.2) is 5.69 Å². The van der Waals surface area contributed by atoms with Crippen LogP contribution in [0.4, 0.5) is 5.69 Å². The van der Waals surface area contributed by atoms with E-state index in [2.05, 4.69) is 31.3 Å². The summed E-state index contributed by atoms with van der Waals surface area (Å²) in [6, 6.07) is 9.51. The second-order valence-electron chi connectivity index (χ2n) is 4.78. The minimum Gasteiger partial charge on any atom is -0.319 e. The quantitative estimate of drug-likeness (QED) is 0.725. The molecule has 0 radical (unpaired) electrons. The summed E-state index contributed by atoms with van der Waals surface area (Å²) >= 11 is 3.34. The molecule has 0 unspecified atom stereocenters. The number of hydrogen-bond acceptors (Lipinski definition) is 3. The predicted molar refractivity (Wildman–Crippen MR) is 85.3 cm³/mol. The van der Waals surface area contributed by atoms with E-state index in [1.807, 2.05) is 44.3 Å². The number of carbonyl (C=O) groups is 1. The van der Waals surface area contributed by atoms with Crippen molar-refractivity contribution in [3.63, 3.8) is 0 Å². The number of amides is 1. The van der Waals surface area contributed by atoms with E-state index in [0.717, 1.165) is 21.1 Å². The standard InChI is InChI=1S/C15H13BrN4O/c1-9-7-10(8-17-14(9)16)18-15(21)13-11-5-3-4-6-12(11)20(2)19-13/h3-8H,1-2H3,(H,18,21). The molecule has 0 bridgehead atoms. The van der Waals surface area contributed by atoms with Gasteiger partial charge in [-0.05, 0) is 40.5 Å². The maximum absolute atomic E-state index is 12.4. The number of hydrogen-bond donors (Lipinski definition) is 1. The minimum absolute atomic E-state index is 0.240. The average molecular weight is 345 g/mol. The maximum atomic E-state index is 12.4. The number of para-hydroxylation sites is 1. The molecule has 5 nitrogen and oxygen atoms in total. The van der Waals surface area contributed by atoms with Crippen molar-refractivity contribution < 1.29 is 4.79 Å². The summed E-state index contributed by atoms with van der Waals surface area (Å²) in [6.45, 7) is 1.92. The summed E-state index contributed by atoms with van der Waals surface area (Å²) in [5.41, 5.74) is 2.94. The molecule has 3 rings (SSSR count). The van der Waals surface area contributed by atoms with Crippen molar-refractivity contribution in [3.8, 4) is 0 Å². The van der Waals surface area contributed by atoms with Gasteiger partial charge in [-0.25, -0.2) is 4.98 Å². The Balaban J connectivity index is 1.95. The van der Waals surface area contributed by atoms with Gasteiger partial charge in [0, 0.05) is 12.4 Å². The van der Waals surface area contributed by atoms with E-state index < -0.39 is 0 Å². The molecular weight excluding hydrogens is 332 g/mol. The zero-order valence-electron chi connectivity index (χ0n) is 11.6. The highest BCUT2D eigenvalue weighted by atomic mass is 79.9. The van der Waals surface area contributed by atoms with Crippen molar-refractivity contribution in [1.29, 1.82) is 0 Å². The number of nitrogens with zero attached hydrogens (tertiary/aromatic N) is 3. The number of aryl methyl sites for hydroxylation is 2. The van der Waals surface area contributed by atoms with Crippen molar-refractivity contribution in [2.24, 2.45) is 7.05 Å². The monoisotopic (exact) mass is 344 g/mol. The van der Waals surface area contributed by atoms with E-state index in [0.29, 0.717) is 11.4 Å². The van der Waals surface area contributed by atoms with Crippen molar-refractivity contribution >= 4 is 38.4 Å². The average Bonchev–Trinajstić information content (AvgIpc) is 2.81. The Bertz CT molecular complexity index is 841. The fourth-order valence-electron chi connectivity index (χ4n) is 2.20. The molecule has 0 saturated heterocycles. The van der Waals surface area contributed by atoms with E-state index in [-0.39, 0.29) is 5.91 Å². The Morgan fingerprint density at radius 3 is 2.86 bits per heavy atom. The van der Waals surface area contributed by atoms with Gasteiger partial charge < -0.3 is 5.32 Å². The van der Waals surface area contributed by atoms with E-state index >= 15 is 0 Å². The molecule has 1 aromatic carbocycles. The fraction of sp³-hybridized carbons (Fsp3) is 0.133. The summed E-state index contributed by atoms with van der Waals surface area (Å²) in [5.74, 6) is -0.240. The highest BCUT2D eigenvalue weighted by Gasteiger charge is 2.16. The van der Waals surface area contributed by atoms with Gasteiger partial charge in [0.2, 0.25) is 0 Å². The number of fused-ring (bicyclic) bond motifs is 1. The molecule has 1 N–H and O–H groups in total. The summed E-state index contributed by atoms with van der Waals surface area (Å²) in [4.78, 5) is 16.6. The van der Waals surface area contributed by atoms with Gasteiger partial charge in [-0.2, -0.15) is 5.10 Å². The summed E-state index contributed by atoms with van der Waals surface area (Å²) in [6.07, 6.45) is 1.61. The first-order valence-electron chi connectivity index (χ1n) is 6.41. The Morgan fingerprint density at radius 2 is 2.10 bits per heavy atom. The van der Waals surface area contributed by atoms with Gasteiger partial charge in [0.25, 0.3) is 5.91 Å². The first-order valence-corrected chi connectivity index (χ1v) is 7.21. The number of nitrogens with one attached hydrogen (secondary N) is 1. The molecule has 0 atom stereocenters. The molecule has 0 spiro atoms. The molecule has 0 aliphatic carbocycles. The normalized spacial score (nSPS) is 10.8. The predicted octanol–water partition coefficient (Wildman–Crippen LogP) is 3.29. The Labute approximate surface area is 130 Å². The molecule has 2 heterocycles. The van der Waals surface area contributed by atoms with Crippen molar-refractivity contribution in [2.75, 3.05) is 5.32 Å². The number of carbonyl (C=O) groups excluding carboxylic acids is 1. The summed E-state index contributed by atoms with van der Waals surface area (Å²) in [5, 5.41) is 7.97. The third-order valence-electron chi connectivity index (χ3n) is 3.25. The molecule has 106 valence electrons. The second-order valence-corrected chi connectivity index (χ2v) is 5.53. The van der Waals surface area contributed by atoms with Gasteiger partial charge in [-0.1, -0.05) is 18.2 Å². The first kappa shape index (κ1) is 13.8. The van der Waals surface area contributed by atoms with Crippen molar-refractivity contribution in [2.45, 2.75) is 6.92 Å². The van der Waals surface area contributed by atoms with Gasteiger partial charge >= 0.3 is 0 Å². The van der Waals surface area contributed by atoms with E-state index in [4.69, 9.17) is 0 Å². The second kappa shape index (κ2) is 5.29. The van der Waals surface area contributed by atoms with Gasteiger partial charge in [0.1, 0.15) is 4.60 Å². The van der Waals surface area contributed by atoms with E-state index in [1.165, 1.54) is 0 Å². The molecule has 0 aliphatic heterocycles. The number of aromatic nitrogens is 3. The first-order chi connectivity index (χ1) is 10.1. The number of anilines is 1. The third kappa shape index (κ3) is 2.54. The highest BCUT2D eigenvalue weighted by Crippen LogP contribution is 2.20. The lowest BCUT2D eigenvalue weighted by atomic mass is 10.2. The Hall–Kier alpha value is -2.21. The summed E-state index contributed by atoms with van der Waals surface area (Å²) < 4.78 is 2.47. The van der Waals surface area contributed by atoms with Crippen molar-refractivity contribution in [1.82, 2.24) is 14.8 Å². The fourth-order valence-corrected chi connectivity index (χ4v) is 2.42. The maximum Gasteiger partial charge on any atom is 0.276 e. The van der Waals surface area contributed by atoms with Crippen LogP contribution in [0.1, 0.15) is 16.1 Å².